The summed E-state index contributed by atoms with van der Waals surface area (Å²) in [4.78, 5) is 39.9. The molecule has 15 nitrogen and oxygen atoms in total. The van der Waals surface area contributed by atoms with E-state index in [1.54, 1.807) is 12.3 Å². The second kappa shape index (κ2) is 18.5. The third kappa shape index (κ3) is 9.85. The molecular formula is C48H54ClFN8O7S. The molecule has 9 rings (SSSR count). The Bertz CT molecular complexity index is 2790. The standard InChI is InChI=1S/C48H54ClFN8O7S/c1-47(2)14-12-34(39(29-47)32-4-6-35(49)7-5-32)30-55-19-21-56(22-20-55)36-8-10-38(41(27-36)57-18-3-23-65-46-43(57)26-33-13-17-51-44(33)53-46)45(59)54-66(62,63)37-9-11-40(42(28-37)58(60)61)52-31-48(50)15-24-64-25-16-48/h4-11,13,17,26-28,52H,3,12,14-16,18-25,29-31H2,1-2H3,(H,51,53)(H,54,59). The number of carbonyl (C=O) groups is 1. The lowest BCUT2D eigenvalue weighted by Crippen LogP contribution is -2.47. The summed E-state index contributed by atoms with van der Waals surface area (Å²) < 4.78 is 56.7. The number of sulfonamides is 1. The van der Waals surface area contributed by atoms with Gasteiger partial charge in [-0.1, -0.05) is 43.2 Å². The second-order valence-corrected chi connectivity index (χ2v) is 20.6. The Morgan fingerprint density at radius 1 is 0.955 bits per heavy atom. The van der Waals surface area contributed by atoms with Gasteiger partial charge in [-0.3, -0.25) is 19.8 Å². The number of ether oxygens (including phenoxy) is 2. The maximum Gasteiger partial charge on any atom is 0.293 e. The van der Waals surface area contributed by atoms with E-state index < -0.39 is 37.1 Å². The number of rotatable bonds is 12. The smallest absolute Gasteiger partial charge is 0.293 e. The SMILES string of the molecule is CC1(C)CCC(CN2CCN(c3ccc(C(=O)NS(=O)(=O)c4ccc(NCC5(F)CCOCC5)c([N+](=O)[O-])c4)c(N4CCCOc5nc6[nH]ccc6cc54)c3)CC2)=C(c2ccc(Cl)cc2)C1. The van der Waals surface area contributed by atoms with Crippen molar-refractivity contribution in [3.63, 3.8) is 0 Å². The van der Waals surface area contributed by atoms with E-state index in [1.807, 2.05) is 41.3 Å². The Morgan fingerprint density at radius 3 is 2.48 bits per heavy atom. The summed E-state index contributed by atoms with van der Waals surface area (Å²) in [6.07, 6.45) is 5.79. The zero-order valence-electron chi connectivity index (χ0n) is 37.1. The van der Waals surface area contributed by atoms with Crippen LogP contribution in [0.5, 0.6) is 5.88 Å². The average molecular weight is 942 g/mol. The molecule has 0 saturated carbocycles. The number of nitro benzene ring substituents is 1. The molecule has 0 bridgehead atoms. The van der Waals surface area contributed by atoms with Crippen molar-refractivity contribution in [2.24, 2.45) is 5.41 Å². The first kappa shape index (κ1) is 45.4. The molecule has 3 aromatic carbocycles. The minimum atomic E-state index is -4.65. The molecule has 1 aliphatic carbocycles. The van der Waals surface area contributed by atoms with Crippen molar-refractivity contribution in [1.29, 1.82) is 0 Å². The molecule has 18 heteroatoms. The maximum atomic E-state index is 15.3. The van der Waals surface area contributed by atoms with E-state index in [4.69, 9.17) is 26.1 Å². The van der Waals surface area contributed by atoms with E-state index in [0.29, 0.717) is 42.5 Å². The summed E-state index contributed by atoms with van der Waals surface area (Å²) in [7, 11) is -4.65. The van der Waals surface area contributed by atoms with E-state index in [9.17, 15) is 23.3 Å². The molecule has 3 N–H and O–H groups in total. The molecule has 2 aromatic heterocycles. The number of nitrogens with one attached hydrogen (secondary N) is 3. The number of fused-ring (bicyclic) bond motifs is 2. The van der Waals surface area contributed by atoms with Gasteiger partial charge in [0, 0.05) is 100 Å². The highest BCUT2D eigenvalue weighted by Crippen LogP contribution is 2.44. The number of benzene rings is 3. The molecule has 4 aliphatic rings. The second-order valence-electron chi connectivity index (χ2n) is 18.5. The Balaban J connectivity index is 0.987. The highest BCUT2D eigenvalue weighted by Gasteiger charge is 2.35. The zero-order chi connectivity index (χ0) is 46.2. The van der Waals surface area contributed by atoms with E-state index in [2.05, 4.69) is 50.8 Å². The molecule has 3 aliphatic heterocycles. The topological polar surface area (TPSA) is 175 Å². The largest absolute Gasteiger partial charge is 0.476 e. The van der Waals surface area contributed by atoms with E-state index in [-0.39, 0.29) is 49.3 Å². The highest BCUT2D eigenvalue weighted by atomic mass is 35.5. The lowest BCUT2D eigenvalue weighted by molar-refractivity contribution is -0.384. The van der Waals surface area contributed by atoms with Crippen LogP contribution in [0.2, 0.25) is 5.02 Å². The van der Waals surface area contributed by atoms with Crippen LogP contribution >= 0.6 is 11.6 Å². The number of hydrogen-bond acceptors (Lipinski definition) is 12. The van der Waals surface area contributed by atoms with Crippen LogP contribution in [0.25, 0.3) is 16.6 Å². The molecule has 5 heterocycles. The van der Waals surface area contributed by atoms with Crippen molar-refractivity contribution >= 4 is 72.6 Å². The van der Waals surface area contributed by atoms with Gasteiger partial charge in [-0.15, -0.1) is 0 Å². The van der Waals surface area contributed by atoms with Gasteiger partial charge in [0.25, 0.3) is 21.6 Å². The van der Waals surface area contributed by atoms with Gasteiger partial charge in [0.2, 0.25) is 5.88 Å². The quantitative estimate of drug-likeness (QED) is 0.0802. The average Bonchev–Trinajstić information content (AvgIpc) is 3.66. The Morgan fingerprint density at radius 2 is 1.73 bits per heavy atom. The molecule has 66 heavy (non-hydrogen) atoms. The summed E-state index contributed by atoms with van der Waals surface area (Å²) in [5.74, 6) is -0.553. The highest BCUT2D eigenvalue weighted by molar-refractivity contribution is 7.90. The zero-order valence-corrected chi connectivity index (χ0v) is 38.6. The van der Waals surface area contributed by atoms with Crippen molar-refractivity contribution in [3.05, 3.63) is 111 Å². The number of halogens is 2. The van der Waals surface area contributed by atoms with Crippen LogP contribution in [-0.2, 0) is 14.8 Å². The number of alkyl halides is 1. The summed E-state index contributed by atoms with van der Waals surface area (Å²) in [5, 5.41) is 16.5. The summed E-state index contributed by atoms with van der Waals surface area (Å²) >= 11 is 6.27. The van der Waals surface area contributed by atoms with Gasteiger partial charge in [0.1, 0.15) is 22.7 Å². The Labute approximate surface area is 388 Å². The summed E-state index contributed by atoms with van der Waals surface area (Å²) in [5.41, 5.74) is 4.70. The lowest BCUT2D eigenvalue weighted by atomic mass is 9.72. The van der Waals surface area contributed by atoms with Crippen LogP contribution in [-0.4, -0.2) is 105 Å². The van der Waals surface area contributed by atoms with Crippen molar-refractivity contribution in [2.75, 3.05) is 80.8 Å². The van der Waals surface area contributed by atoms with Gasteiger partial charge in [-0.05, 0) is 96.8 Å². The third-order valence-corrected chi connectivity index (χ3v) is 14.9. The van der Waals surface area contributed by atoms with Crippen LogP contribution in [0.1, 0.15) is 68.3 Å². The van der Waals surface area contributed by atoms with Gasteiger partial charge in [-0.25, -0.2) is 17.5 Å². The maximum absolute atomic E-state index is 15.3. The molecule has 0 atom stereocenters. The fourth-order valence-electron chi connectivity index (χ4n) is 9.43. The Kier molecular flexibility index (Phi) is 12.7. The number of pyridine rings is 1. The first-order chi connectivity index (χ1) is 31.6. The van der Waals surface area contributed by atoms with Crippen molar-refractivity contribution in [1.82, 2.24) is 19.6 Å². The minimum Gasteiger partial charge on any atom is -0.476 e. The Hall–Kier alpha value is -5.75. The number of carbonyl (C=O) groups excluding carboxylic acids is 1. The van der Waals surface area contributed by atoms with Crippen molar-refractivity contribution in [3.8, 4) is 5.88 Å². The van der Waals surface area contributed by atoms with Crippen LogP contribution in [0.15, 0.2) is 89.5 Å². The molecular weight excluding hydrogens is 887 g/mol. The first-order valence-corrected chi connectivity index (χ1v) is 24.3. The minimum absolute atomic E-state index is 0.0440. The lowest BCUT2D eigenvalue weighted by Gasteiger charge is -2.39. The van der Waals surface area contributed by atoms with E-state index in [1.165, 1.54) is 22.8 Å². The van der Waals surface area contributed by atoms with Crippen LogP contribution in [0, 0.1) is 15.5 Å². The van der Waals surface area contributed by atoms with Gasteiger partial charge >= 0.3 is 0 Å². The van der Waals surface area contributed by atoms with Crippen molar-refractivity contribution in [2.45, 2.75) is 62.9 Å². The number of H-pyrrole nitrogens is 1. The number of piperazine rings is 1. The predicted molar refractivity (Wildman–Crippen MR) is 254 cm³/mol. The number of hydrogen-bond donors (Lipinski definition) is 3. The fraction of sp³-hybridized carbons (Fsp3) is 0.417. The molecule has 348 valence electrons. The normalized spacial score (nSPS) is 18.9. The van der Waals surface area contributed by atoms with E-state index >= 15 is 4.39 Å². The summed E-state index contributed by atoms with van der Waals surface area (Å²) in [6, 6.07) is 20.6. The molecule has 0 spiro atoms. The van der Waals surface area contributed by atoms with E-state index in [0.717, 1.165) is 80.2 Å². The van der Waals surface area contributed by atoms with Crippen LogP contribution in [0.4, 0.5) is 32.8 Å². The molecule has 0 radical (unpaired) electrons. The van der Waals surface area contributed by atoms with Gasteiger partial charge in [0.15, 0.2) is 0 Å². The monoisotopic (exact) mass is 940 g/mol. The number of nitro groups is 1. The number of amides is 1. The number of anilines is 4. The molecule has 2 fully saturated rings. The summed E-state index contributed by atoms with van der Waals surface area (Å²) in [6.45, 7) is 9.68. The third-order valence-electron chi connectivity index (χ3n) is 13.3. The predicted octanol–water partition coefficient (Wildman–Crippen LogP) is 8.88. The van der Waals surface area contributed by atoms with Crippen LogP contribution in [0.3, 0.4) is 0 Å². The molecule has 2 saturated heterocycles. The molecule has 5 aromatic rings. The molecule has 1 amide bonds. The number of aromatic amines is 1. The first-order valence-electron chi connectivity index (χ1n) is 22.5. The van der Waals surface area contributed by atoms with Gasteiger partial charge in [-0.2, -0.15) is 4.98 Å². The van der Waals surface area contributed by atoms with Gasteiger partial charge in [0.05, 0.1) is 27.7 Å². The number of nitrogens with zero attached hydrogens (tertiary/aromatic N) is 5. The van der Waals surface area contributed by atoms with Gasteiger partial charge < -0.3 is 29.6 Å². The van der Waals surface area contributed by atoms with Crippen molar-refractivity contribution < 1.29 is 32.0 Å². The van der Waals surface area contributed by atoms with Crippen LogP contribution < -0.4 is 24.6 Å². The number of allylic oxidation sites excluding steroid dienone is 1. The molecule has 0 unspecified atom stereocenters. The number of aromatic nitrogens is 2. The fourth-order valence-corrected chi connectivity index (χ4v) is 10.5.